The van der Waals surface area contributed by atoms with Crippen LogP contribution in [0, 0.1) is 22.7 Å². The van der Waals surface area contributed by atoms with Gasteiger partial charge in [0.15, 0.2) is 0 Å². The van der Waals surface area contributed by atoms with Crippen molar-refractivity contribution in [2.24, 2.45) is 11.3 Å². The van der Waals surface area contributed by atoms with E-state index in [1.807, 2.05) is 18.5 Å². The topological polar surface area (TPSA) is 111 Å². The minimum Gasteiger partial charge on any atom is -0.481 e. The lowest BCUT2D eigenvalue weighted by Crippen LogP contribution is -2.47. The van der Waals surface area contributed by atoms with Gasteiger partial charge in [-0.15, -0.1) is 0 Å². The Labute approximate surface area is 165 Å². The number of carboxylic acids is 1. The Balaban J connectivity index is 1.54. The Kier molecular flexibility index (Phi) is 5.73. The van der Waals surface area contributed by atoms with E-state index >= 15 is 0 Å². The van der Waals surface area contributed by atoms with Gasteiger partial charge in [-0.25, -0.2) is 4.98 Å². The number of rotatable bonds is 7. The van der Waals surface area contributed by atoms with Gasteiger partial charge in [-0.2, -0.15) is 5.26 Å². The molecule has 7 nitrogen and oxygen atoms in total. The van der Waals surface area contributed by atoms with Crippen molar-refractivity contribution in [1.82, 2.24) is 14.9 Å². The lowest BCUT2D eigenvalue weighted by molar-refractivity contribution is -0.146. The zero-order valence-corrected chi connectivity index (χ0v) is 16.5. The Hall–Kier alpha value is -2.43. The van der Waals surface area contributed by atoms with Gasteiger partial charge in [-0.1, -0.05) is 0 Å². The van der Waals surface area contributed by atoms with Crippen molar-refractivity contribution in [1.29, 1.82) is 5.26 Å². The van der Waals surface area contributed by atoms with Gasteiger partial charge >= 0.3 is 5.97 Å². The fourth-order valence-corrected chi connectivity index (χ4v) is 3.81. The zero-order valence-electron chi connectivity index (χ0n) is 16.5. The first kappa shape index (κ1) is 20.3. The van der Waals surface area contributed by atoms with Crippen molar-refractivity contribution in [2.45, 2.75) is 51.7 Å². The molecule has 0 saturated heterocycles. The van der Waals surface area contributed by atoms with Crippen LogP contribution in [0.1, 0.15) is 45.1 Å². The molecule has 0 bridgehead atoms. The first-order chi connectivity index (χ1) is 13.2. The lowest BCUT2D eigenvalue weighted by atomic mass is 9.78. The van der Waals surface area contributed by atoms with Crippen LogP contribution in [0.25, 0.3) is 11.0 Å². The monoisotopic (exact) mass is 384 g/mol. The third kappa shape index (κ3) is 4.51. The summed E-state index contributed by atoms with van der Waals surface area (Å²) < 4.78 is 2.10. The summed E-state index contributed by atoms with van der Waals surface area (Å²) >= 11 is 0. The highest BCUT2D eigenvalue weighted by atomic mass is 16.4. The smallest absolute Gasteiger partial charge is 0.310 e. The standard InChI is InChI=1S/C21H28N4O3/c1-20(2,19(26)27)12-23-13-21(28)7-5-15(6-8-21)11-25-14-24-17-4-3-16(10-22)9-18(17)25/h3-4,9,14-15,23,28H,5-8,11-13H2,1-2H3,(H,26,27). The van der Waals surface area contributed by atoms with E-state index in [2.05, 4.69) is 20.9 Å². The first-order valence-electron chi connectivity index (χ1n) is 9.74. The molecule has 2 aromatic rings. The number of aliphatic carboxylic acids is 1. The van der Waals surface area contributed by atoms with Crippen molar-refractivity contribution >= 4 is 17.0 Å². The predicted molar refractivity (Wildman–Crippen MR) is 106 cm³/mol. The van der Waals surface area contributed by atoms with E-state index in [-0.39, 0.29) is 0 Å². The molecular formula is C21H28N4O3. The summed E-state index contributed by atoms with van der Waals surface area (Å²) in [6.07, 6.45) is 5.00. The molecule has 28 heavy (non-hydrogen) atoms. The SMILES string of the molecule is CC(C)(CNCC1(O)CCC(Cn2cnc3ccc(C#N)cc32)CC1)C(=O)O. The summed E-state index contributed by atoms with van der Waals surface area (Å²) in [6, 6.07) is 7.69. The molecule has 1 fully saturated rings. The van der Waals surface area contributed by atoms with Crippen molar-refractivity contribution < 1.29 is 15.0 Å². The average molecular weight is 384 g/mol. The van der Waals surface area contributed by atoms with Gasteiger partial charge in [0.1, 0.15) is 0 Å². The van der Waals surface area contributed by atoms with Gasteiger partial charge in [0.05, 0.1) is 40.0 Å². The quantitative estimate of drug-likeness (QED) is 0.676. The summed E-state index contributed by atoms with van der Waals surface area (Å²) in [4.78, 5) is 15.6. The fraction of sp³-hybridized carbons (Fsp3) is 0.571. The summed E-state index contributed by atoms with van der Waals surface area (Å²) in [5.41, 5.74) is 0.852. The molecule has 1 aromatic heterocycles. The second kappa shape index (κ2) is 7.90. The maximum atomic E-state index is 11.2. The number of hydrogen-bond acceptors (Lipinski definition) is 5. The number of hydrogen-bond donors (Lipinski definition) is 3. The molecule has 0 atom stereocenters. The van der Waals surface area contributed by atoms with Crippen LogP contribution in [0.5, 0.6) is 0 Å². The Morgan fingerprint density at radius 1 is 1.43 bits per heavy atom. The number of nitrogens with one attached hydrogen (secondary N) is 1. The van der Waals surface area contributed by atoms with E-state index < -0.39 is 17.0 Å². The number of aromatic nitrogens is 2. The predicted octanol–water partition coefficient (Wildman–Crippen LogP) is 2.53. The van der Waals surface area contributed by atoms with E-state index in [1.165, 1.54) is 0 Å². The van der Waals surface area contributed by atoms with Crippen molar-refractivity contribution in [3.05, 3.63) is 30.1 Å². The highest BCUT2D eigenvalue weighted by Gasteiger charge is 2.34. The molecule has 1 heterocycles. The second-order valence-corrected chi connectivity index (χ2v) is 8.67. The highest BCUT2D eigenvalue weighted by Crippen LogP contribution is 2.33. The third-order valence-electron chi connectivity index (χ3n) is 5.84. The van der Waals surface area contributed by atoms with Gasteiger partial charge in [-0.05, 0) is 63.6 Å². The van der Waals surface area contributed by atoms with Crippen molar-refractivity contribution in [2.75, 3.05) is 13.1 Å². The third-order valence-corrected chi connectivity index (χ3v) is 5.84. The van der Waals surface area contributed by atoms with Crippen LogP contribution in [0.2, 0.25) is 0 Å². The molecule has 150 valence electrons. The van der Waals surface area contributed by atoms with Crippen LogP contribution in [0.4, 0.5) is 0 Å². The minimum absolute atomic E-state index is 0.330. The largest absolute Gasteiger partial charge is 0.481 e. The maximum absolute atomic E-state index is 11.2. The lowest BCUT2D eigenvalue weighted by Gasteiger charge is -2.37. The number of nitrogens with zero attached hydrogens (tertiary/aromatic N) is 3. The van der Waals surface area contributed by atoms with Crippen LogP contribution in [-0.4, -0.2) is 44.4 Å². The number of nitriles is 1. The molecule has 0 unspecified atom stereocenters. The second-order valence-electron chi connectivity index (χ2n) is 8.67. The zero-order chi connectivity index (χ0) is 20.4. The van der Waals surface area contributed by atoms with E-state index in [4.69, 9.17) is 5.26 Å². The number of aliphatic hydroxyl groups is 1. The molecule has 0 spiro atoms. The molecule has 7 heteroatoms. The fourth-order valence-electron chi connectivity index (χ4n) is 3.81. The van der Waals surface area contributed by atoms with Crippen LogP contribution in [0.15, 0.2) is 24.5 Å². The maximum Gasteiger partial charge on any atom is 0.310 e. The molecule has 0 aliphatic heterocycles. The van der Waals surface area contributed by atoms with Gasteiger partial charge in [-0.3, -0.25) is 4.79 Å². The van der Waals surface area contributed by atoms with Crippen molar-refractivity contribution in [3.63, 3.8) is 0 Å². The molecule has 0 amide bonds. The molecule has 1 aromatic carbocycles. The van der Waals surface area contributed by atoms with E-state index in [0.717, 1.165) is 30.4 Å². The van der Waals surface area contributed by atoms with E-state index in [0.29, 0.717) is 37.4 Å². The summed E-state index contributed by atoms with van der Waals surface area (Å²) in [7, 11) is 0. The first-order valence-corrected chi connectivity index (χ1v) is 9.74. The number of imidazole rings is 1. The molecule has 3 N–H and O–H groups in total. The average Bonchev–Trinajstić information content (AvgIpc) is 3.05. The molecule has 1 aliphatic rings. The van der Waals surface area contributed by atoms with Crippen LogP contribution in [0.3, 0.4) is 0 Å². The molecular weight excluding hydrogens is 356 g/mol. The Morgan fingerprint density at radius 3 is 2.79 bits per heavy atom. The number of fused-ring (bicyclic) bond motifs is 1. The highest BCUT2D eigenvalue weighted by molar-refractivity contribution is 5.77. The van der Waals surface area contributed by atoms with E-state index in [1.54, 1.807) is 19.9 Å². The Bertz CT molecular complexity index is 889. The van der Waals surface area contributed by atoms with E-state index in [9.17, 15) is 15.0 Å². The summed E-state index contributed by atoms with van der Waals surface area (Å²) in [5, 5.41) is 32.3. The van der Waals surface area contributed by atoms with Crippen LogP contribution in [-0.2, 0) is 11.3 Å². The van der Waals surface area contributed by atoms with Gasteiger partial charge < -0.3 is 20.1 Å². The number of carboxylic acid groups (broad SMARTS) is 1. The molecule has 3 rings (SSSR count). The Morgan fingerprint density at radius 2 is 2.14 bits per heavy atom. The number of carbonyl (C=O) groups is 1. The summed E-state index contributed by atoms with van der Waals surface area (Å²) in [5.74, 6) is -0.401. The van der Waals surface area contributed by atoms with Gasteiger partial charge in [0, 0.05) is 19.6 Å². The molecule has 0 radical (unpaired) electrons. The van der Waals surface area contributed by atoms with Crippen molar-refractivity contribution in [3.8, 4) is 6.07 Å². The van der Waals surface area contributed by atoms with Crippen LogP contribution < -0.4 is 5.32 Å². The number of benzene rings is 1. The molecule has 1 aliphatic carbocycles. The normalized spacial score (nSPS) is 22.9. The minimum atomic E-state index is -0.849. The molecule has 1 saturated carbocycles. The summed E-state index contributed by atoms with van der Waals surface area (Å²) in [6.45, 7) is 4.92. The van der Waals surface area contributed by atoms with Gasteiger partial charge in [0.25, 0.3) is 0 Å². The van der Waals surface area contributed by atoms with Gasteiger partial charge in [0.2, 0.25) is 0 Å². The van der Waals surface area contributed by atoms with Crippen LogP contribution >= 0.6 is 0 Å².